The van der Waals surface area contributed by atoms with Gasteiger partial charge in [0.05, 0.1) is 6.17 Å². The molecular weight excluding hydrogens is 540 g/mol. The average molecular weight is 605 g/mol. The third-order valence-electron chi connectivity index (χ3n) is 7.97. The van der Waals surface area contributed by atoms with Crippen molar-refractivity contribution >= 4 is 11.4 Å². The van der Waals surface area contributed by atoms with Crippen molar-refractivity contribution in [1.29, 1.82) is 0 Å². The summed E-state index contributed by atoms with van der Waals surface area (Å²) >= 11 is 0. The van der Waals surface area contributed by atoms with E-state index in [-0.39, 0.29) is 27.8 Å². The largest absolute Gasteiger partial charge is 0.508 e. The van der Waals surface area contributed by atoms with Crippen LogP contribution < -0.4 is 5.73 Å². The molecule has 0 saturated carbocycles. The average Bonchev–Trinajstić information content (AvgIpc) is 2.86. The second kappa shape index (κ2) is 14.6. The van der Waals surface area contributed by atoms with E-state index in [1.54, 1.807) is 0 Å². The van der Waals surface area contributed by atoms with E-state index in [9.17, 15) is 10.2 Å². The van der Waals surface area contributed by atoms with E-state index >= 15 is 0 Å². The van der Waals surface area contributed by atoms with Crippen molar-refractivity contribution in [3.63, 3.8) is 0 Å². The molecular formula is C40H64N2O2. The molecule has 0 heterocycles. The highest BCUT2D eigenvalue weighted by Crippen LogP contribution is 2.41. The van der Waals surface area contributed by atoms with E-state index in [0.717, 1.165) is 72.2 Å². The summed E-state index contributed by atoms with van der Waals surface area (Å²) < 4.78 is 0. The van der Waals surface area contributed by atoms with E-state index in [0.29, 0.717) is 11.5 Å². The highest BCUT2D eigenvalue weighted by molar-refractivity contribution is 5.79. The predicted molar refractivity (Wildman–Crippen MR) is 192 cm³/mol. The number of aromatic hydroxyl groups is 2. The molecule has 0 spiro atoms. The normalized spacial score (nSPS) is 14.6. The minimum Gasteiger partial charge on any atom is -0.508 e. The lowest BCUT2D eigenvalue weighted by Crippen LogP contribution is -2.40. The monoisotopic (exact) mass is 604 g/mol. The number of hydrogen-bond acceptors (Lipinski definition) is 4. The third-order valence-corrected chi connectivity index (χ3v) is 7.97. The van der Waals surface area contributed by atoms with Crippen LogP contribution >= 0.6 is 0 Å². The number of rotatable bonds is 11. The molecule has 0 bridgehead atoms. The van der Waals surface area contributed by atoms with E-state index in [1.165, 1.54) is 0 Å². The molecule has 2 aromatic carbocycles. The first-order chi connectivity index (χ1) is 20.0. The van der Waals surface area contributed by atoms with Crippen LogP contribution in [0, 0.1) is 10.8 Å². The number of phenols is 2. The molecule has 4 N–H and O–H groups in total. The first kappa shape index (κ1) is 37.5. The van der Waals surface area contributed by atoms with Gasteiger partial charge >= 0.3 is 0 Å². The maximum absolute atomic E-state index is 10.9. The van der Waals surface area contributed by atoms with Crippen LogP contribution in [0.5, 0.6) is 11.5 Å². The van der Waals surface area contributed by atoms with Crippen molar-refractivity contribution in [3.8, 4) is 11.5 Å². The van der Waals surface area contributed by atoms with Crippen LogP contribution in [-0.4, -0.2) is 21.3 Å². The molecule has 1 unspecified atom stereocenters. The fraction of sp³-hybridized carbons (Fsp3) is 0.600. The van der Waals surface area contributed by atoms with Crippen LogP contribution in [0.25, 0.3) is 11.4 Å². The second-order valence-corrected chi connectivity index (χ2v) is 17.1. The number of nitrogens with two attached hydrogens (primary N) is 1. The topological polar surface area (TPSA) is 69.7 Å². The van der Waals surface area contributed by atoms with Gasteiger partial charge in [0.1, 0.15) is 11.5 Å². The highest BCUT2D eigenvalue weighted by atomic mass is 16.3. The first-order valence-electron chi connectivity index (χ1n) is 16.7. The van der Waals surface area contributed by atoms with E-state index < -0.39 is 0 Å². The molecule has 2 rings (SSSR count). The molecule has 2 aromatic rings. The van der Waals surface area contributed by atoms with Crippen molar-refractivity contribution in [2.75, 3.05) is 0 Å². The van der Waals surface area contributed by atoms with Crippen LogP contribution in [0.15, 0.2) is 48.6 Å². The molecule has 0 saturated heterocycles. The third kappa shape index (κ3) is 11.0. The molecule has 0 aromatic heterocycles. The SMILES string of the molecule is CCCCCC(N)N(C(=CCC(C)(C)C)c1ccc(O)c(C(C)(C)C)c1)C(=CCC(C)(C)C)c1ccc(O)c(C(C)(C)C)c1. The summed E-state index contributed by atoms with van der Waals surface area (Å²) in [7, 11) is 0. The molecule has 44 heavy (non-hydrogen) atoms. The van der Waals surface area contributed by atoms with Crippen LogP contribution in [-0.2, 0) is 10.8 Å². The van der Waals surface area contributed by atoms with Gasteiger partial charge in [-0.1, -0.05) is 121 Å². The highest BCUT2D eigenvalue weighted by Gasteiger charge is 2.28. The van der Waals surface area contributed by atoms with Gasteiger partial charge in [0.15, 0.2) is 0 Å². The van der Waals surface area contributed by atoms with Gasteiger partial charge in [0, 0.05) is 11.4 Å². The number of unbranched alkanes of at least 4 members (excludes halogenated alkanes) is 2. The van der Waals surface area contributed by atoms with Crippen LogP contribution in [0.1, 0.15) is 151 Å². The molecule has 0 radical (unpaired) electrons. The Balaban J connectivity index is 3.02. The first-order valence-corrected chi connectivity index (χ1v) is 16.7. The van der Waals surface area contributed by atoms with E-state index in [1.807, 2.05) is 24.3 Å². The summed E-state index contributed by atoms with van der Waals surface area (Å²) in [5, 5.41) is 21.8. The van der Waals surface area contributed by atoms with E-state index in [4.69, 9.17) is 5.73 Å². The Hall–Kier alpha value is -2.72. The standard InChI is InChI=1S/C40H64N2O2/c1-14-15-16-17-36(41)42(32(22-24-37(2,3)4)28-18-20-34(43)30(26-28)39(8,9)10)33(23-25-38(5,6)7)29-19-21-35(44)31(27-29)40(11,12)13/h18-23,26-27,36,43-44H,14-17,24-25,41H2,1-13H3. The van der Waals surface area contributed by atoms with Crippen molar-refractivity contribution in [2.45, 2.75) is 146 Å². The summed E-state index contributed by atoms with van der Waals surface area (Å²) in [5.41, 5.74) is 13.0. The number of phenolic OH excluding ortho intramolecular Hbond substituents is 2. The maximum Gasteiger partial charge on any atom is 0.119 e. The minimum atomic E-state index is -0.266. The molecule has 0 aliphatic heterocycles. The fourth-order valence-corrected chi connectivity index (χ4v) is 5.33. The van der Waals surface area contributed by atoms with Gasteiger partial charge < -0.3 is 20.8 Å². The number of nitrogens with zero attached hydrogens (tertiary/aromatic N) is 1. The van der Waals surface area contributed by atoms with Gasteiger partial charge in [0.2, 0.25) is 0 Å². The number of benzene rings is 2. The zero-order valence-electron chi connectivity index (χ0n) is 30.4. The van der Waals surface area contributed by atoms with Crippen LogP contribution in [0.3, 0.4) is 0 Å². The maximum atomic E-state index is 10.9. The zero-order chi connectivity index (χ0) is 33.7. The van der Waals surface area contributed by atoms with Gasteiger partial charge in [-0.2, -0.15) is 0 Å². The Kier molecular flexibility index (Phi) is 12.4. The molecule has 246 valence electrons. The predicted octanol–water partition coefficient (Wildman–Crippen LogP) is 11.1. The van der Waals surface area contributed by atoms with Crippen molar-refractivity contribution < 1.29 is 10.2 Å². The molecule has 0 fully saturated rings. The summed E-state index contributed by atoms with van der Waals surface area (Å²) in [4.78, 5) is 2.35. The minimum absolute atomic E-state index is 0.0697. The Bertz CT molecular complexity index is 1200. The molecule has 4 nitrogen and oxygen atoms in total. The lowest BCUT2D eigenvalue weighted by atomic mass is 9.83. The summed E-state index contributed by atoms with van der Waals surface area (Å²) in [6, 6.07) is 12.0. The Morgan fingerprint density at radius 1 is 0.682 bits per heavy atom. The van der Waals surface area contributed by atoms with Crippen LogP contribution in [0.2, 0.25) is 0 Å². The van der Waals surface area contributed by atoms with Crippen molar-refractivity contribution in [2.24, 2.45) is 16.6 Å². The Labute approximate surface area is 270 Å². The van der Waals surface area contributed by atoms with Gasteiger partial charge in [-0.15, -0.1) is 0 Å². The zero-order valence-corrected chi connectivity index (χ0v) is 30.4. The molecule has 0 amide bonds. The van der Waals surface area contributed by atoms with Crippen molar-refractivity contribution in [3.05, 3.63) is 70.8 Å². The molecule has 0 aliphatic rings. The summed E-state index contributed by atoms with van der Waals surface area (Å²) in [6.07, 6.45) is 10.3. The smallest absolute Gasteiger partial charge is 0.119 e. The molecule has 0 aliphatic carbocycles. The van der Waals surface area contributed by atoms with Crippen molar-refractivity contribution in [1.82, 2.24) is 4.90 Å². The molecule has 1 atom stereocenters. The summed E-state index contributed by atoms with van der Waals surface area (Å²) in [6.45, 7) is 28.6. The lowest BCUT2D eigenvalue weighted by molar-refractivity contribution is 0.364. The van der Waals surface area contributed by atoms with Gasteiger partial charge in [-0.25, -0.2) is 0 Å². The second-order valence-electron chi connectivity index (χ2n) is 17.1. The fourth-order valence-electron chi connectivity index (χ4n) is 5.33. The number of allylic oxidation sites excluding steroid dienone is 2. The lowest BCUT2D eigenvalue weighted by Gasteiger charge is -2.38. The van der Waals surface area contributed by atoms with Gasteiger partial charge in [-0.05, 0) is 99.6 Å². The van der Waals surface area contributed by atoms with Gasteiger partial charge in [0.25, 0.3) is 0 Å². The Morgan fingerprint density at radius 3 is 1.39 bits per heavy atom. The van der Waals surface area contributed by atoms with Gasteiger partial charge in [-0.3, -0.25) is 0 Å². The summed E-state index contributed by atoms with van der Waals surface area (Å²) in [5.74, 6) is 0.624. The Morgan fingerprint density at radius 2 is 1.07 bits per heavy atom. The number of hydrogen-bond donors (Lipinski definition) is 3. The van der Waals surface area contributed by atoms with E-state index in [2.05, 4.69) is 119 Å². The quantitative estimate of drug-likeness (QED) is 0.176. The molecule has 4 heteroatoms. The van der Waals surface area contributed by atoms with Crippen LogP contribution in [0.4, 0.5) is 0 Å².